The fraction of sp³-hybridized carbons (Fsp3) is 0.429. The quantitative estimate of drug-likeness (QED) is 0.642. The van der Waals surface area contributed by atoms with E-state index in [2.05, 4.69) is 5.32 Å². The van der Waals surface area contributed by atoms with Gasteiger partial charge in [0.2, 0.25) is 11.8 Å². The third kappa shape index (κ3) is 5.71. The lowest BCUT2D eigenvalue weighted by Gasteiger charge is -2.24. The van der Waals surface area contributed by atoms with Gasteiger partial charge in [-0.25, -0.2) is 0 Å². The lowest BCUT2D eigenvalue weighted by atomic mass is 10.2. The lowest BCUT2D eigenvalue weighted by Crippen LogP contribution is -2.40. The zero-order chi connectivity index (χ0) is 15.1. The summed E-state index contributed by atoms with van der Waals surface area (Å²) in [6, 6.07) is 7.10. The molecule has 2 amide bonds. The van der Waals surface area contributed by atoms with E-state index >= 15 is 0 Å². The number of primary amides is 1. The number of benzene rings is 1. The molecule has 110 valence electrons. The van der Waals surface area contributed by atoms with Gasteiger partial charge >= 0.3 is 0 Å². The zero-order valence-electron chi connectivity index (χ0n) is 11.9. The first-order valence-corrected chi connectivity index (χ1v) is 6.56. The topological polar surface area (TPSA) is 101 Å². The van der Waals surface area contributed by atoms with Crippen LogP contribution in [0.1, 0.15) is 20.3 Å². The van der Waals surface area contributed by atoms with Crippen molar-refractivity contribution in [3.8, 4) is 0 Å². The van der Waals surface area contributed by atoms with Gasteiger partial charge in [0.05, 0.1) is 6.54 Å². The fourth-order valence-electron chi connectivity index (χ4n) is 1.76. The van der Waals surface area contributed by atoms with Crippen LogP contribution >= 0.6 is 0 Å². The predicted octanol–water partition coefficient (Wildman–Crippen LogP) is 0.793. The fourth-order valence-corrected chi connectivity index (χ4v) is 1.76. The molecule has 6 nitrogen and oxygen atoms in total. The van der Waals surface area contributed by atoms with Crippen molar-refractivity contribution >= 4 is 23.2 Å². The monoisotopic (exact) mass is 278 g/mol. The van der Waals surface area contributed by atoms with Crippen molar-refractivity contribution in [2.45, 2.75) is 26.3 Å². The molecule has 0 spiro atoms. The molecule has 1 aromatic rings. The lowest BCUT2D eigenvalue weighted by molar-refractivity contribution is -0.121. The van der Waals surface area contributed by atoms with Crippen LogP contribution in [-0.4, -0.2) is 35.8 Å². The number of carbonyl (C=O) groups excluding carboxylic acids is 2. The molecule has 0 aliphatic rings. The van der Waals surface area contributed by atoms with E-state index in [4.69, 9.17) is 11.5 Å². The van der Waals surface area contributed by atoms with Gasteiger partial charge in [0.1, 0.15) is 0 Å². The number of hydrogen-bond donors (Lipinski definition) is 3. The maximum Gasteiger partial charge on any atom is 0.231 e. The summed E-state index contributed by atoms with van der Waals surface area (Å²) in [4.78, 5) is 24.6. The number of nitrogens with one attached hydrogen (secondary N) is 1. The Labute approximate surface area is 119 Å². The molecule has 0 bridgehead atoms. The Kier molecular flexibility index (Phi) is 5.99. The van der Waals surface area contributed by atoms with Crippen molar-refractivity contribution in [1.29, 1.82) is 0 Å². The smallest absolute Gasteiger partial charge is 0.231 e. The van der Waals surface area contributed by atoms with Crippen LogP contribution in [-0.2, 0) is 9.59 Å². The summed E-state index contributed by atoms with van der Waals surface area (Å²) in [5.41, 5.74) is 12.1. The number of hydrogen-bond acceptors (Lipinski definition) is 4. The minimum Gasteiger partial charge on any atom is -0.399 e. The number of nitrogens with two attached hydrogens (primary N) is 2. The Morgan fingerprint density at radius 3 is 2.35 bits per heavy atom. The Balaban J connectivity index is 2.45. The van der Waals surface area contributed by atoms with E-state index in [0.29, 0.717) is 24.3 Å². The Morgan fingerprint density at radius 2 is 1.85 bits per heavy atom. The van der Waals surface area contributed by atoms with E-state index in [-0.39, 0.29) is 18.5 Å². The SMILES string of the molecule is CC(C)N(CCC(=O)Nc1ccc(N)cc1)CC(N)=O. The highest BCUT2D eigenvalue weighted by molar-refractivity contribution is 5.91. The van der Waals surface area contributed by atoms with Crippen LogP contribution in [0.4, 0.5) is 11.4 Å². The summed E-state index contributed by atoms with van der Waals surface area (Å²) in [5, 5.41) is 2.78. The number of nitrogens with zero attached hydrogens (tertiary/aromatic N) is 1. The molecule has 0 unspecified atom stereocenters. The molecule has 0 heterocycles. The van der Waals surface area contributed by atoms with Crippen LogP contribution < -0.4 is 16.8 Å². The second kappa shape index (κ2) is 7.49. The molecular formula is C14H22N4O2. The summed E-state index contributed by atoms with van der Waals surface area (Å²) in [5.74, 6) is -0.498. The molecular weight excluding hydrogens is 256 g/mol. The third-order valence-electron chi connectivity index (χ3n) is 2.91. The Hall–Kier alpha value is -2.08. The maximum absolute atomic E-state index is 11.8. The van der Waals surface area contributed by atoms with Gasteiger partial charge < -0.3 is 16.8 Å². The molecule has 20 heavy (non-hydrogen) atoms. The number of anilines is 2. The van der Waals surface area contributed by atoms with E-state index < -0.39 is 5.91 Å². The van der Waals surface area contributed by atoms with Crippen molar-refractivity contribution in [2.75, 3.05) is 24.1 Å². The van der Waals surface area contributed by atoms with Gasteiger partial charge in [0, 0.05) is 30.4 Å². The minimum absolute atomic E-state index is 0.107. The molecule has 0 aromatic heterocycles. The molecule has 0 saturated heterocycles. The molecule has 1 aromatic carbocycles. The third-order valence-corrected chi connectivity index (χ3v) is 2.91. The normalized spacial score (nSPS) is 10.8. The summed E-state index contributed by atoms with van der Waals surface area (Å²) in [6.07, 6.45) is 0.301. The van der Waals surface area contributed by atoms with Gasteiger partial charge in [-0.1, -0.05) is 0 Å². The number of rotatable bonds is 7. The van der Waals surface area contributed by atoms with Crippen molar-refractivity contribution in [3.05, 3.63) is 24.3 Å². The first kappa shape index (κ1) is 16.0. The van der Waals surface area contributed by atoms with Crippen molar-refractivity contribution in [3.63, 3.8) is 0 Å². The highest BCUT2D eigenvalue weighted by Crippen LogP contribution is 2.11. The first-order valence-electron chi connectivity index (χ1n) is 6.56. The minimum atomic E-state index is -0.391. The second-order valence-electron chi connectivity index (χ2n) is 4.95. The molecule has 0 saturated carbocycles. The van der Waals surface area contributed by atoms with Crippen LogP contribution in [0, 0.1) is 0 Å². The molecule has 1 rings (SSSR count). The average molecular weight is 278 g/mol. The zero-order valence-corrected chi connectivity index (χ0v) is 11.9. The largest absolute Gasteiger partial charge is 0.399 e. The maximum atomic E-state index is 11.8. The molecule has 5 N–H and O–H groups in total. The Bertz CT molecular complexity index is 457. The van der Waals surface area contributed by atoms with E-state index in [9.17, 15) is 9.59 Å². The summed E-state index contributed by atoms with van der Waals surface area (Å²) in [6.45, 7) is 4.57. The van der Waals surface area contributed by atoms with Crippen molar-refractivity contribution in [2.24, 2.45) is 5.73 Å². The summed E-state index contributed by atoms with van der Waals surface area (Å²) in [7, 11) is 0. The molecule has 0 aliphatic carbocycles. The second-order valence-corrected chi connectivity index (χ2v) is 4.95. The van der Waals surface area contributed by atoms with E-state index in [1.54, 1.807) is 24.3 Å². The predicted molar refractivity (Wildman–Crippen MR) is 80.0 cm³/mol. The van der Waals surface area contributed by atoms with E-state index in [0.717, 1.165) is 0 Å². The number of carbonyl (C=O) groups is 2. The van der Waals surface area contributed by atoms with Gasteiger partial charge in [-0.05, 0) is 38.1 Å². The molecule has 0 atom stereocenters. The van der Waals surface area contributed by atoms with E-state index in [1.165, 1.54) is 0 Å². The van der Waals surface area contributed by atoms with Crippen LogP contribution in [0.3, 0.4) is 0 Å². The average Bonchev–Trinajstić information content (AvgIpc) is 2.36. The summed E-state index contributed by atoms with van der Waals surface area (Å²) >= 11 is 0. The van der Waals surface area contributed by atoms with Crippen LogP contribution in [0.15, 0.2) is 24.3 Å². The molecule has 0 fully saturated rings. The molecule has 0 radical (unpaired) electrons. The van der Waals surface area contributed by atoms with Gasteiger partial charge in [-0.15, -0.1) is 0 Å². The highest BCUT2D eigenvalue weighted by Gasteiger charge is 2.13. The molecule has 0 aliphatic heterocycles. The van der Waals surface area contributed by atoms with Crippen LogP contribution in [0.5, 0.6) is 0 Å². The number of nitrogen functional groups attached to an aromatic ring is 1. The van der Waals surface area contributed by atoms with Gasteiger partial charge in [-0.3, -0.25) is 14.5 Å². The standard InChI is InChI=1S/C14H22N4O2/c1-10(2)18(9-13(16)19)8-7-14(20)17-12-5-3-11(15)4-6-12/h3-6,10H,7-9,15H2,1-2H3,(H2,16,19)(H,17,20). The highest BCUT2D eigenvalue weighted by atomic mass is 16.2. The van der Waals surface area contributed by atoms with Gasteiger partial charge in [0.15, 0.2) is 0 Å². The first-order chi connectivity index (χ1) is 9.38. The summed E-state index contributed by atoms with van der Waals surface area (Å²) < 4.78 is 0. The Morgan fingerprint density at radius 1 is 1.25 bits per heavy atom. The van der Waals surface area contributed by atoms with E-state index in [1.807, 2.05) is 18.7 Å². The van der Waals surface area contributed by atoms with Gasteiger partial charge in [-0.2, -0.15) is 0 Å². The van der Waals surface area contributed by atoms with Gasteiger partial charge in [0.25, 0.3) is 0 Å². The van der Waals surface area contributed by atoms with Crippen molar-refractivity contribution in [1.82, 2.24) is 4.90 Å². The molecule has 6 heteroatoms. The van der Waals surface area contributed by atoms with Crippen molar-refractivity contribution < 1.29 is 9.59 Å². The number of amides is 2. The van der Waals surface area contributed by atoms with Crippen LogP contribution in [0.25, 0.3) is 0 Å². The van der Waals surface area contributed by atoms with Crippen LogP contribution in [0.2, 0.25) is 0 Å².